The first-order chi connectivity index (χ1) is 9.74. The molecule has 0 fully saturated rings. The third-order valence-electron chi connectivity index (χ3n) is 3.26. The van der Waals surface area contributed by atoms with E-state index in [9.17, 15) is 4.39 Å². The van der Waals surface area contributed by atoms with Crippen LogP contribution in [0, 0.1) is 5.82 Å². The highest BCUT2D eigenvalue weighted by atomic mass is 19.1. The fourth-order valence-corrected chi connectivity index (χ4v) is 2.34. The van der Waals surface area contributed by atoms with E-state index < -0.39 is 0 Å². The predicted octanol–water partition coefficient (Wildman–Crippen LogP) is 3.40. The minimum Gasteiger partial charge on any atom is -0.368 e. The van der Waals surface area contributed by atoms with Gasteiger partial charge >= 0.3 is 0 Å². The molecule has 0 aromatic heterocycles. The van der Waals surface area contributed by atoms with Crippen LogP contribution in [0.1, 0.15) is 12.5 Å². The number of rotatable bonds is 3. The van der Waals surface area contributed by atoms with Crippen LogP contribution < -0.4 is 10.7 Å². The van der Waals surface area contributed by atoms with E-state index in [2.05, 4.69) is 22.9 Å². The second-order valence-corrected chi connectivity index (χ2v) is 4.72. The second-order valence-electron chi connectivity index (χ2n) is 4.72. The molecule has 1 heterocycles. The summed E-state index contributed by atoms with van der Waals surface area (Å²) in [5.74, 6) is -0.246. The number of benzene rings is 2. The number of allylic oxidation sites excluding steroid dienone is 1. The Labute approximate surface area is 117 Å². The van der Waals surface area contributed by atoms with Crippen molar-refractivity contribution in [2.75, 3.05) is 12.1 Å². The van der Waals surface area contributed by atoms with E-state index >= 15 is 0 Å². The molecule has 0 saturated carbocycles. The zero-order chi connectivity index (χ0) is 13.9. The van der Waals surface area contributed by atoms with Gasteiger partial charge in [-0.1, -0.05) is 36.4 Å². The lowest BCUT2D eigenvalue weighted by Gasteiger charge is -2.23. The third-order valence-corrected chi connectivity index (χ3v) is 3.26. The normalized spacial score (nSPS) is 14.4. The van der Waals surface area contributed by atoms with Crippen LogP contribution in [0.2, 0.25) is 0 Å². The Balaban J connectivity index is 1.87. The molecule has 0 bridgehead atoms. The summed E-state index contributed by atoms with van der Waals surface area (Å²) in [6, 6.07) is 16.6. The monoisotopic (exact) mass is 269 g/mol. The summed E-state index contributed by atoms with van der Waals surface area (Å²) in [5.41, 5.74) is 7.26. The van der Waals surface area contributed by atoms with Crippen LogP contribution in [0.3, 0.4) is 0 Å². The molecule has 0 saturated heterocycles. The maximum absolute atomic E-state index is 13.3. The number of hydrogen-bond donors (Lipinski definition) is 2. The smallest absolute Gasteiger partial charge is 0.125 e. The standard InChI is InChI=1S/C16H16FN3/c1-12-16(13-6-3-2-4-7-13)20(11-18-12)19-15-9-5-8-14(17)10-15/h2-10,18-19H,11H2,1H3. The zero-order valence-corrected chi connectivity index (χ0v) is 11.2. The van der Waals surface area contributed by atoms with Gasteiger partial charge in [-0.2, -0.15) is 0 Å². The van der Waals surface area contributed by atoms with Gasteiger partial charge < -0.3 is 5.32 Å². The maximum Gasteiger partial charge on any atom is 0.125 e. The van der Waals surface area contributed by atoms with Crippen molar-refractivity contribution in [2.45, 2.75) is 6.92 Å². The third kappa shape index (κ3) is 2.45. The molecule has 102 valence electrons. The summed E-state index contributed by atoms with van der Waals surface area (Å²) >= 11 is 0. The van der Waals surface area contributed by atoms with Crippen molar-refractivity contribution in [3.05, 3.63) is 71.7 Å². The number of halogens is 1. The van der Waals surface area contributed by atoms with Crippen molar-refractivity contribution in [3.8, 4) is 0 Å². The maximum atomic E-state index is 13.3. The molecule has 2 aromatic rings. The lowest BCUT2D eigenvalue weighted by molar-refractivity contribution is 0.482. The summed E-state index contributed by atoms with van der Waals surface area (Å²) in [4.78, 5) is 0. The van der Waals surface area contributed by atoms with Crippen LogP contribution in [0.5, 0.6) is 0 Å². The second kappa shape index (κ2) is 5.25. The molecule has 4 heteroatoms. The SMILES string of the molecule is CC1=C(c2ccccc2)N(Nc2cccc(F)c2)CN1. The molecule has 2 aromatic carbocycles. The Morgan fingerprint density at radius 3 is 2.65 bits per heavy atom. The van der Waals surface area contributed by atoms with Crippen molar-refractivity contribution in [2.24, 2.45) is 0 Å². The average molecular weight is 269 g/mol. The minimum atomic E-state index is -0.246. The summed E-state index contributed by atoms with van der Waals surface area (Å²) in [5, 5.41) is 5.29. The molecular weight excluding hydrogens is 253 g/mol. The van der Waals surface area contributed by atoms with Crippen LogP contribution in [-0.2, 0) is 0 Å². The molecule has 20 heavy (non-hydrogen) atoms. The van der Waals surface area contributed by atoms with Crippen molar-refractivity contribution in [3.63, 3.8) is 0 Å². The lowest BCUT2D eigenvalue weighted by atomic mass is 10.1. The summed E-state index contributed by atoms with van der Waals surface area (Å²) in [6.07, 6.45) is 0. The first-order valence-corrected chi connectivity index (χ1v) is 6.54. The van der Waals surface area contributed by atoms with Gasteiger partial charge in [0.25, 0.3) is 0 Å². The quantitative estimate of drug-likeness (QED) is 0.894. The highest BCUT2D eigenvalue weighted by Gasteiger charge is 2.20. The molecular formula is C16H16FN3. The number of nitrogens with zero attached hydrogens (tertiary/aromatic N) is 1. The van der Waals surface area contributed by atoms with Crippen LogP contribution in [0.25, 0.3) is 5.70 Å². The van der Waals surface area contributed by atoms with Crippen molar-refractivity contribution < 1.29 is 4.39 Å². The topological polar surface area (TPSA) is 27.3 Å². The molecule has 0 radical (unpaired) electrons. The fourth-order valence-electron chi connectivity index (χ4n) is 2.34. The first kappa shape index (κ1) is 12.5. The Morgan fingerprint density at radius 2 is 1.90 bits per heavy atom. The van der Waals surface area contributed by atoms with Crippen molar-refractivity contribution >= 4 is 11.4 Å². The summed E-state index contributed by atoms with van der Waals surface area (Å²) < 4.78 is 13.3. The average Bonchev–Trinajstić information content (AvgIpc) is 2.81. The highest BCUT2D eigenvalue weighted by Crippen LogP contribution is 2.26. The van der Waals surface area contributed by atoms with E-state index in [1.807, 2.05) is 36.2 Å². The van der Waals surface area contributed by atoms with Gasteiger partial charge in [0, 0.05) is 11.3 Å². The van der Waals surface area contributed by atoms with E-state index in [1.165, 1.54) is 12.1 Å². The van der Waals surface area contributed by atoms with E-state index in [0.717, 1.165) is 22.6 Å². The number of hydrogen-bond acceptors (Lipinski definition) is 3. The molecule has 0 unspecified atom stereocenters. The fraction of sp³-hybridized carbons (Fsp3) is 0.125. The van der Waals surface area contributed by atoms with Gasteiger partial charge in [0.2, 0.25) is 0 Å². The summed E-state index contributed by atoms with van der Waals surface area (Å²) in [6.45, 7) is 2.68. The molecule has 3 rings (SSSR count). The van der Waals surface area contributed by atoms with Crippen LogP contribution in [0.15, 0.2) is 60.3 Å². The van der Waals surface area contributed by atoms with Gasteiger partial charge in [0.15, 0.2) is 0 Å². The number of nitrogens with one attached hydrogen (secondary N) is 2. The Morgan fingerprint density at radius 1 is 1.10 bits per heavy atom. The first-order valence-electron chi connectivity index (χ1n) is 6.54. The highest BCUT2D eigenvalue weighted by molar-refractivity contribution is 5.69. The number of hydrazine groups is 1. The van der Waals surface area contributed by atoms with Gasteiger partial charge in [-0.15, -0.1) is 0 Å². The lowest BCUT2D eigenvalue weighted by Crippen LogP contribution is -2.29. The predicted molar refractivity (Wildman–Crippen MR) is 78.9 cm³/mol. The van der Waals surface area contributed by atoms with Crippen molar-refractivity contribution in [1.82, 2.24) is 10.3 Å². The largest absolute Gasteiger partial charge is 0.368 e. The number of anilines is 1. The Hall–Kier alpha value is -2.49. The Kier molecular flexibility index (Phi) is 3.29. The van der Waals surface area contributed by atoms with Crippen LogP contribution >= 0.6 is 0 Å². The molecule has 1 aliphatic rings. The Bertz CT molecular complexity index is 637. The van der Waals surface area contributed by atoms with Crippen molar-refractivity contribution in [1.29, 1.82) is 0 Å². The zero-order valence-electron chi connectivity index (χ0n) is 11.2. The molecule has 0 atom stereocenters. The van der Waals surface area contributed by atoms with Gasteiger partial charge in [0.1, 0.15) is 12.5 Å². The van der Waals surface area contributed by atoms with Gasteiger partial charge in [-0.25, -0.2) is 4.39 Å². The van der Waals surface area contributed by atoms with E-state index in [-0.39, 0.29) is 5.82 Å². The molecule has 0 aliphatic carbocycles. The molecule has 3 nitrogen and oxygen atoms in total. The van der Waals surface area contributed by atoms with Gasteiger partial charge in [0.05, 0.1) is 11.4 Å². The minimum absolute atomic E-state index is 0.246. The van der Waals surface area contributed by atoms with E-state index in [1.54, 1.807) is 6.07 Å². The molecule has 0 spiro atoms. The molecule has 1 aliphatic heterocycles. The molecule has 2 N–H and O–H groups in total. The van der Waals surface area contributed by atoms with E-state index in [0.29, 0.717) is 6.67 Å². The summed E-state index contributed by atoms with van der Waals surface area (Å²) in [7, 11) is 0. The van der Waals surface area contributed by atoms with E-state index in [4.69, 9.17) is 0 Å². The molecule has 0 amide bonds. The van der Waals surface area contributed by atoms with Crippen LogP contribution in [-0.4, -0.2) is 11.7 Å². The van der Waals surface area contributed by atoms with Gasteiger partial charge in [-0.05, 0) is 25.1 Å². The van der Waals surface area contributed by atoms with Crippen LogP contribution in [0.4, 0.5) is 10.1 Å². The van der Waals surface area contributed by atoms with Gasteiger partial charge in [-0.3, -0.25) is 10.4 Å².